The molecule has 1 rings (SSSR count). The van der Waals surface area contributed by atoms with E-state index in [1.165, 1.54) is 0 Å². The number of aliphatic hydroxyl groups is 1. The van der Waals surface area contributed by atoms with Gasteiger partial charge in [-0.1, -0.05) is 19.8 Å². The van der Waals surface area contributed by atoms with Crippen LogP contribution < -0.4 is 0 Å². The van der Waals surface area contributed by atoms with Crippen LogP contribution in [0.15, 0.2) is 0 Å². The predicted molar refractivity (Wildman–Crippen MR) is 101 cm³/mol. The third-order valence-corrected chi connectivity index (χ3v) is 5.01. The normalized spacial score (nSPS) is 20.2. The molecule has 2 N–H and O–H groups in total. The second-order valence-corrected chi connectivity index (χ2v) is 7.78. The average molecular weight is 372 g/mol. The van der Waals surface area contributed by atoms with Crippen LogP contribution in [0.25, 0.3) is 0 Å². The van der Waals surface area contributed by atoms with Crippen LogP contribution in [0.5, 0.6) is 0 Å². The third kappa shape index (κ3) is 9.53. The van der Waals surface area contributed by atoms with E-state index in [1.54, 1.807) is 6.92 Å². The number of rotatable bonds is 14. The fourth-order valence-electron chi connectivity index (χ4n) is 3.50. The van der Waals surface area contributed by atoms with Crippen molar-refractivity contribution in [1.29, 1.82) is 0 Å². The minimum atomic E-state index is -0.849. The van der Waals surface area contributed by atoms with Crippen molar-refractivity contribution in [1.82, 2.24) is 4.90 Å². The van der Waals surface area contributed by atoms with Gasteiger partial charge in [0, 0.05) is 32.0 Å². The molecule has 1 aliphatic rings. The number of carbonyl (C=O) groups excluding carboxylic acids is 1. The molecule has 1 heterocycles. The Morgan fingerprint density at radius 1 is 1.31 bits per heavy atom. The lowest BCUT2D eigenvalue weighted by Crippen LogP contribution is -2.45. The average Bonchev–Trinajstić information content (AvgIpc) is 2.57. The zero-order valence-electron chi connectivity index (χ0n) is 16.5. The summed E-state index contributed by atoms with van der Waals surface area (Å²) in [6, 6.07) is 0.202. The number of ether oxygens (including phenoxy) is 1. The number of amides is 1. The van der Waals surface area contributed by atoms with Crippen LogP contribution in [0.4, 0.5) is 0 Å². The van der Waals surface area contributed by atoms with Crippen molar-refractivity contribution in [2.24, 2.45) is 0 Å². The molecule has 0 radical (unpaired) electrons. The number of carboxylic acids is 1. The van der Waals surface area contributed by atoms with Crippen LogP contribution in [-0.2, 0) is 14.3 Å². The highest BCUT2D eigenvalue weighted by molar-refractivity contribution is 5.77. The Balaban J connectivity index is 2.36. The molecule has 0 aromatic carbocycles. The van der Waals surface area contributed by atoms with Crippen molar-refractivity contribution in [3.05, 3.63) is 0 Å². The standard InChI is InChI=1S/C20H37NO5/c1-3-15-26-16-20(2,25)13-12-17-9-8-10-18(22)21(17)14-7-5-4-6-11-19(23)24/h17,25H,3-16H2,1-2H3,(H,23,24)/t17-,20?/m1/s1. The van der Waals surface area contributed by atoms with Gasteiger partial charge in [-0.2, -0.15) is 0 Å². The molecule has 0 spiro atoms. The monoisotopic (exact) mass is 371 g/mol. The molecule has 1 aliphatic heterocycles. The van der Waals surface area contributed by atoms with Crippen molar-refractivity contribution < 1.29 is 24.5 Å². The summed E-state index contributed by atoms with van der Waals surface area (Å²) in [5.41, 5.74) is -0.849. The van der Waals surface area contributed by atoms with Gasteiger partial charge in [0.15, 0.2) is 0 Å². The van der Waals surface area contributed by atoms with Crippen molar-refractivity contribution in [2.75, 3.05) is 19.8 Å². The van der Waals surface area contributed by atoms with Crippen molar-refractivity contribution >= 4 is 11.9 Å². The van der Waals surface area contributed by atoms with Gasteiger partial charge in [-0.15, -0.1) is 0 Å². The maximum atomic E-state index is 12.3. The summed E-state index contributed by atoms with van der Waals surface area (Å²) in [4.78, 5) is 24.8. The summed E-state index contributed by atoms with van der Waals surface area (Å²) in [6.07, 6.45) is 8.58. The van der Waals surface area contributed by atoms with Crippen LogP contribution in [0.3, 0.4) is 0 Å². The number of carbonyl (C=O) groups is 2. The van der Waals surface area contributed by atoms with Crippen molar-refractivity contribution in [3.63, 3.8) is 0 Å². The number of piperidine rings is 1. The van der Waals surface area contributed by atoms with E-state index in [0.29, 0.717) is 32.5 Å². The fraction of sp³-hybridized carbons (Fsp3) is 0.900. The second kappa shape index (κ2) is 12.3. The van der Waals surface area contributed by atoms with Gasteiger partial charge >= 0.3 is 5.97 Å². The lowest BCUT2D eigenvalue weighted by molar-refractivity contribution is -0.137. The van der Waals surface area contributed by atoms with Crippen molar-refractivity contribution in [3.8, 4) is 0 Å². The lowest BCUT2D eigenvalue weighted by Gasteiger charge is -2.37. The van der Waals surface area contributed by atoms with E-state index in [4.69, 9.17) is 9.84 Å². The number of aliphatic carboxylic acids is 1. The molecule has 26 heavy (non-hydrogen) atoms. The first-order chi connectivity index (χ1) is 12.4. The molecular formula is C20H37NO5. The maximum Gasteiger partial charge on any atom is 0.303 e. The Kier molecular flexibility index (Phi) is 10.8. The summed E-state index contributed by atoms with van der Waals surface area (Å²) < 4.78 is 5.48. The zero-order chi connectivity index (χ0) is 19.4. The highest BCUT2D eigenvalue weighted by Gasteiger charge is 2.30. The summed E-state index contributed by atoms with van der Waals surface area (Å²) in [5.74, 6) is -0.528. The van der Waals surface area contributed by atoms with Gasteiger partial charge in [0.05, 0.1) is 12.2 Å². The first-order valence-electron chi connectivity index (χ1n) is 10.2. The molecule has 6 nitrogen and oxygen atoms in total. The second-order valence-electron chi connectivity index (χ2n) is 7.78. The lowest BCUT2D eigenvalue weighted by atomic mass is 9.91. The van der Waals surface area contributed by atoms with Gasteiger partial charge in [0.25, 0.3) is 0 Å². The smallest absolute Gasteiger partial charge is 0.303 e. The molecule has 0 bridgehead atoms. The Morgan fingerprint density at radius 2 is 2.04 bits per heavy atom. The SMILES string of the molecule is CCCOCC(C)(O)CC[C@H]1CCCC(=O)N1CCCCCCC(=O)O. The molecule has 2 atom stereocenters. The van der Waals surface area contributed by atoms with Crippen molar-refractivity contribution in [2.45, 2.75) is 96.1 Å². The zero-order valence-corrected chi connectivity index (χ0v) is 16.5. The highest BCUT2D eigenvalue weighted by Crippen LogP contribution is 2.25. The molecule has 1 unspecified atom stereocenters. The molecule has 0 aromatic heterocycles. The molecule has 152 valence electrons. The largest absolute Gasteiger partial charge is 0.481 e. The molecule has 0 aliphatic carbocycles. The summed E-state index contributed by atoms with van der Waals surface area (Å²) in [5, 5.41) is 19.1. The number of nitrogens with zero attached hydrogens (tertiary/aromatic N) is 1. The maximum absolute atomic E-state index is 12.3. The van der Waals surface area contributed by atoms with E-state index in [2.05, 4.69) is 0 Å². The molecule has 1 amide bonds. The van der Waals surface area contributed by atoms with Gasteiger partial charge in [0.2, 0.25) is 5.91 Å². The highest BCUT2D eigenvalue weighted by atomic mass is 16.5. The number of unbranched alkanes of at least 4 members (excludes halogenated alkanes) is 3. The summed E-state index contributed by atoms with van der Waals surface area (Å²) in [7, 11) is 0. The molecule has 1 saturated heterocycles. The van der Waals surface area contributed by atoms with Crippen LogP contribution in [0, 0.1) is 0 Å². The molecule has 1 fully saturated rings. The van der Waals surface area contributed by atoms with Crippen LogP contribution in [0.1, 0.15) is 84.5 Å². The quantitative estimate of drug-likeness (QED) is 0.457. The number of hydrogen-bond acceptors (Lipinski definition) is 4. The Bertz CT molecular complexity index is 424. The van der Waals surface area contributed by atoms with E-state index in [9.17, 15) is 14.7 Å². The van der Waals surface area contributed by atoms with E-state index < -0.39 is 11.6 Å². The van der Waals surface area contributed by atoms with Gasteiger partial charge in [-0.3, -0.25) is 9.59 Å². The minimum Gasteiger partial charge on any atom is -0.481 e. The minimum absolute atomic E-state index is 0.202. The Morgan fingerprint density at radius 3 is 2.73 bits per heavy atom. The number of carboxylic acid groups (broad SMARTS) is 1. The Hall–Kier alpha value is -1.14. The fourth-order valence-corrected chi connectivity index (χ4v) is 3.50. The predicted octanol–water partition coefficient (Wildman–Crippen LogP) is 3.36. The van der Waals surface area contributed by atoms with E-state index in [1.807, 2.05) is 11.8 Å². The van der Waals surface area contributed by atoms with E-state index >= 15 is 0 Å². The van der Waals surface area contributed by atoms with Gasteiger partial charge < -0.3 is 19.8 Å². The molecule has 0 aromatic rings. The molecular weight excluding hydrogens is 334 g/mol. The van der Waals surface area contributed by atoms with E-state index in [-0.39, 0.29) is 18.4 Å². The van der Waals surface area contributed by atoms with Crippen LogP contribution in [0.2, 0.25) is 0 Å². The number of hydrogen-bond donors (Lipinski definition) is 2. The van der Waals surface area contributed by atoms with Gasteiger partial charge in [-0.05, 0) is 51.9 Å². The van der Waals surface area contributed by atoms with E-state index in [0.717, 1.165) is 51.5 Å². The third-order valence-electron chi connectivity index (χ3n) is 5.01. The first-order valence-corrected chi connectivity index (χ1v) is 10.2. The summed E-state index contributed by atoms with van der Waals surface area (Å²) >= 11 is 0. The van der Waals surface area contributed by atoms with Gasteiger partial charge in [-0.25, -0.2) is 0 Å². The summed E-state index contributed by atoms with van der Waals surface area (Å²) in [6.45, 7) is 5.59. The van der Waals surface area contributed by atoms with Crippen LogP contribution >= 0.6 is 0 Å². The van der Waals surface area contributed by atoms with Gasteiger partial charge in [0.1, 0.15) is 0 Å². The first kappa shape index (κ1) is 22.9. The topological polar surface area (TPSA) is 87.1 Å². The molecule has 6 heteroatoms. The molecule has 0 saturated carbocycles. The number of likely N-dealkylation sites (tertiary alicyclic amines) is 1. The van der Waals surface area contributed by atoms with Crippen LogP contribution in [-0.4, -0.2) is 58.4 Å². The Labute approximate surface area is 157 Å².